The van der Waals surface area contributed by atoms with Gasteiger partial charge in [-0.3, -0.25) is 4.99 Å². The highest BCUT2D eigenvalue weighted by Crippen LogP contribution is 2.34. The Morgan fingerprint density at radius 1 is 1.14 bits per heavy atom. The Bertz CT molecular complexity index is 358. The van der Waals surface area contributed by atoms with Crippen molar-refractivity contribution in [3.63, 3.8) is 0 Å². The number of aliphatic imine (C=N–C) groups is 1. The van der Waals surface area contributed by atoms with Crippen LogP contribution < -0.4 is 10.6 Å². The monoisotopic (exact) mass is 421 g/mol. The summed E-state index contributed by atoms with van der Waals surface area (Å²) in [5.74, 6) is 1.91. The SMILES string of the molecule is CCNC(=NCCC1CCCCC1)NC1CC2CCC1O2.I. The number of halogens is 1. The summed E-state index contributed by atoms with van der Waals surface area (Å²) in [5.41, 5.74) is 0. The van der Waals surface area contributed by atoms with Crippen LogP contribution in [-0.4, -0.2) is 37.3 Å². The van der Waals surface area contributed by atoms with E-state index in [1.807, 2.05) is 0 Å². The van der Waals surface area contributed by atoms with Crippen LogP contribution in [0.3, 0.4) is 0 Å². The summed E-state index contributed by atoms with van der Waals surface area (Å²) in [7, 11) is 0. The van der Waals surface area contributed by atoms with E-state index in [1.165, 1.54) is 51.4 Å². The van der Waals surface area contributed by atoms with E-state index in [1.54, 1.807) is 0 Å². The van der Waals surface area contributed by atoms with Crippen LogP contribution in [-0.2, 0) is 4.74 Å². The molecule has 5 heteroatoms. The maximum absolute atomic E-state index is 5.92. The standard InChI is InChI=1S/C17H31N3O.HI/c1-2-18-17(19-11-10-13-6-4-3-5-7-13)20-15-12-14-8-9-16(15)21-14;/h13-16H,2-12H2,1H3,(H2,18,19,20);1H. The normalized spacial score (nSPS) is 31.9. The molecule has 4 nitrogen and oxygen atoms in total. The average molecular weight is 421 g/mol. The average Bonchev–Trinajstić information content (AvgIpc) is 3.11. The van der Waals surface area contributed by atoms with E-state index in [0.29, 0.717) is 18.2 Å². The van der Waals surface area contributed by atoms with Crippen LogP contribution in [0.1, 0.15) is 64.7 Å². The highest BCUT2D eigenvalue weighted by atomic mass is 127. The van der Waals surface area contributed by atoms with Gasteiger partial charge < -0.3 is 15.4 Å². The number of hydrogen-bond donors (Lipinski definition) is 2. The van der Waals surface area contributed by atoms with Gasteiger partial charge in [-0.2, -0.15) is 0 Å². The second-order valence-corrected chi connectivity index (χ2v) is 6.91. The van der Waals surface area contributed by atoms with Gasteiger partial charge >= 0.3 is 0 Å². The summed E-state index contributed by atoms with van der Waals surface area (Å²) in [4.78, 5) is 4.79. The largest absolute Gasteiger partial charge is 0.373 e. The number of fused-ring (bicyclic) bond motifs is 2. The molecule has 0 aromatic carbocycles. The molecule has 3 fully saturated rings. The lowest BCUT2D eigenvalue weighted by Gasteiger charge is -2.23. The van der Waals surface area contributed by atoms with Crippen molar-refractivity contribution in [2.45, 2.75) is 83.0 Å². The van der Waals surface area contributed by atoms with Crippen molar-refractivity contribution in [3.8, 4) is 0 Å². The molecule has 0 radical (unpaired) electrons. The fourth-order valence-electron chi connectivity index (χ4n) is 4.12. The van der Waals surface area contributed by atoms with E-state index >= 15 is 0 Å². The van der Waals surface area contributed by atoms with Crippen LogP contribution in [0.25, 0.3) is 0 Å². The second kappa shape index (κ2) is 9.30. The quantitative estimate of drug-likeness (QED) is 0.406. The molecule has 2 N–H and O–H groups in total. The first-order valence-electron chi connectivity index (χ1n) is 9.05. The fraction of sp³-hybridized carbons (Fsp3) is 0.941. The van der Waals surface area contributed by atoms with Crippen LogP contribution in [0.2, 0.25) is 0 Å². The van der Waals surface area contributed by atoms with Crippen molar-refractivity contribution in [3.05, 3.63) is 0 Å². The highest BCUT2D eigenvalue weighted by Gasteiger charge is 2.41. The van der Waals surface area contributed by atoms with Gasteiger partial charge in [0.1, 0.15) is 0 Å². The van der Waals surface area contributed by atoms with Gasteiger partial charge in [0.2, 0.25) is 0 Å². The molecule has 3 aliphatic rings. The summed E-state index contributed by atoms with van der Waals surface area (Å²) in [6.45, 7) is 4.02. The fourth-order valence-corrected chi connectivity index (χ4v) is 4.12. The summed E-state index contributed by atoms with van der Waals surface area (Å²) < 4.78 is 5.92. The zero-order chi connectivity index (χ0) is 14.5. The van der Waals surface area contributed by atoms with Gasteiger partial charge in [-0.1, -0.05) is 32.1 Å². The maximum Gasteiger partial charge on any atom is 0.191 e. The molecular weight excluding hydrogens is 389 g/mol. The minimum atomic E-state index is 0. The molecule has 2 aliphatic heterocycles. The third kappa shape index (κ3) is 4.98. The van der Waals surface area contributed by atoms with Gasteiger partial charge in [0.05, 0.1) is 18.2 Å². The number of hydrogen-bond acceptors (Lipinski definition) is 2. The van der Waals surface area contributed by atoms with E-state index in [4.69, 9.17) is 9.73 Å². The molecule has 0 aromatic rings. The van der Waals surface area contributed by atoms with Crippen molar-refractivity contribution in [2.24, 2.45) is 10.9 Å². The van der Waals surface area contributed by atoms with E-state index in [9.17, 15) is 0 Å². The van der Waals surface area contributed by atoms with Crippen LogP contribution >= 0.6 is 24.0 Å². The second-order valence-electron chi connectivity index (χ2n) is 6.91. The molecule has 3 unspecified atom stereocenters. The van der Waals surface area contributed by atoms with Crippen molar-refractivity contribution in [2.75, 3.05) is 13.1 Å². The van der Waals surface area contributed by atoms with Crippen molar-refractivity contribution in [1.29, 1.82) is 0 Å². The minimum Gasteiger partial charge on any atom is -0.373 e. The summed E-state index contributed by atoms with van der Waals surface area (Å²) in [6, 6.07) is 0.469. The van der Waals surface area contributed by atoms with E-state index in [-0.39, 0.29) is 24.0 Å². The third-order valence-corrected chi connectivity index (χ3v) is 5.30. The molecule has 3 atom stereocenters. The lowest BCUT2D eigenvalue weighted by Crippen LogP contribution is -2.47. The number of nitrogens with zero attached hydrogens (tertiary/aromatic N) is 1. The molecule has 0 amide bonds. The van der Waals surface area contributed by atoms with Gasteiger partial charge in [0.15, 0.2) is 5.96 Å². The zero-order valence-corrected chi connectivity index (χ0v) is 16.2. The molecule has 3 rings (SSSR count). The molecular formula is C17H32IN3O. The van der Waals surface area contributed by atoms with Crippen molar-refractivity contribution >= 4 is 29.9 Å². The molecule has 2 saturated heterocycles. The van der Waals surface area contributed by atoms with Crippen molar-refractivity contribution < 1.29 is 4.74 Å². The molecule has 2 heterocycles. The molecule has 0 aromatic heterocycles. The van der Waals surface area contributed by atoms with Gasteiger partial charge in [-0.15, -0.1) is 24.0 Å². The summed E-state index contributed by atoms with van der Waals surface area (Å²) in [5, 5.41) is 6.99. The van der Waals surface area contributed by atoms with Gasteiger partial charge in [0, 0.05) is 13.1 Å². The van der Waals surface area contributed by atoms with E-state index in [0.717, 1.165) is 31.4 Å². The Hall–Kier alpha value is -0.0400. The van der Waals surface area contributed by atoms with E-state index in [2.05, 4.69) is 17.6 Å². The molecule has 0 spiro atoms. The first kappa shape index (κ1) is 18.3. The van der Waals surface area contributed by atoms with Gasteiger partial charge in [-0.05, 0) is 38.5 Å². The van der Waals surface area contributed by atoms with Gasteiger partial charge in [-0.25, -0.2) is 0 Å². The number of rotatable bonds is 5. The topological polar surface area (TPSA) is 45.7 Å². The highest BCUT2D eigenvalue weighted by molar-refractivity contribution is 14.0. The van der Waals surface area contributed by atoms with Crippen LogP contribution in [0.5, 0.6) is 0 Å². The third-order valence-electron chi connectivity index (χ3n) is 5.30. The van der Waals surface area contributed by atoms with Crippen LogP contribution in [0.15, 0.2) is 4.99 Å². The van der Waals surface area contributed by atoms with Crippen molar-refractivity contribution in [1.82, 2.24) is 10.6 Å². The molecule has 2 bridgehead atoms. The molecule has 1 aliphatic carbocycles. The van der Waals surface area contributed by atoms with Crippen LogP contribution in [0.4, 0.5) is 0 Å². The lowest BCUT2D eigenvalue weighted by atomic mass is 9.87. The molecule has 1 saturated carbocycles. The lowest BCUT2D eigenvalue weighted by molar-refractivity contribution is 0.0992. The predicted molar refractivity (Wildman–Crippen MR) is 102 cm³/mol. The Balaban J connectivity index is 0.00000176. The predicted octanol–water partition coefficient (Wildman–Crippen LogP) is 3.45. The molecule has 22 heavy (non-hydrogen) atoms. The number of ether oxygens (including phenoxy) is 1. The number of guanidine groups is 1. The Morgan fingerprint density at radius 2 is 1.95 bits per heavy atom. The van der Waals surface area contributed by atoms with Crippen LogP contribution in [0, 0.1) is 5.92 Å². The maximum atomic E-state index is 5.92. The Kier molecular flexibility index (Phi) is 7.74. The Labute approximate surface area is 152 Å². The first-order chi connectivity index (χ1) is 10.3. The summed E-state index contributed by atoms with van der Waals surface area (Å²) in [6.07, 6.45) is 12.9. The summed E-state index contributed by atoms with van der Waals surface area (Å²) >= 11 is 0. The molecule has 128 valence electrons. The first-order valence-corrected chi connectivity index (χ1v) is 9.05. The van der Waals surface area contributed by atoms with E-state index < -0.39 is 0 Å². The Morgan fingerprint density at radius 3 is 2.59 bits per heavy atom. The zero-order valence-electron chi connectivity index (χ0n) is 13.9. The van der Waals surface area contributed by atoms with Gasteiger partial charge in [0.25, 0.3) is 0 Å². The minimum absolute atomic E-state index is 0. The smallest absolute Gasteiger partial charge is 0.191 e. The number of nitrogens with one attached hydrogen (secondary N) is 2.